The van der Waals surface area contributed by atoms with Crippen LogP contribution in [0.2, 0.25) is 0 Å². The van der Waals surface area contributed by atoms with Crippen LogP contribution in [0.4, 0.5) is 4.39 Å². The number of rotatable bonds is 2. The lowest BCUT2D eigenvalue weighted by molar-refractivity contribution is -0.157. The number of ether oxygens (including phenoxy) is 1. The van der Waals surface area contributed by atoms with Crippen LogP contribution in [0, 0.1) is 15.3 Å². The van der Waals surface area contributed by atoms with Crippen molar-refractivity contribution >= 4 is 22.6 Å². The molecule has 1 aliphatic heterocycles. The number of benzene rings is 1. The monoisotopic (exact) mass is 376 g/mol. The summed E-state index contributed by atoms with van der Waals surface area (Å²) in [7, 11) is 0. The van der Waals surface area contributed by atoms with Gasteiger partial charge in [-0.05, 0) is 78.3 Å². The third-order valence-corrected chi connectivity index (χ3v) is 5.46. The Hall–Kier alpha value is -0.200. The molecule has 2 fully saturated rings. The summed E-state index contributed by atoms with van der Waals surface area (Å²) >= 11 is 2.10. The molecule has 1 spiro atoms. The van der Waals surface area contributed by atoms with Crippen molar-refractivity contribution in [3.05, 3.63) is 33.1 Å². The lowest BCUT2D eigenvalue weighted by atomic mass is 9.70. The molecule has 1 saturated carbocycles. The van der Waals surface area contributed by atoms with E-state index >= 15 is 0 Å². The van der Waals surface area contributed by atoms with Gasteiger partial charge in [0.2, 0.25) is 0 Å². The molecule has 2 atom stereocenters. The van der Waals surface area contributed by atoms with E-state index in [1.165, 1.54) is 18.6 Å². The van der Waals surface area contributed by atoms with E-state index in [1.807, 2.05) is 0 Å². The van der Waals surface area contributed by atoms with Gasteiger partial charge in [0.25, 0.3) is 0 Å². The van der Waals surface area contributed by atoms with E-state index < -0.39 is 6.10 Å². The zero-order chi connectivity index (χ0) is 13.5. The Morgan fingerprint density at radius 2 is 2.21 bits per heavy atom. The molecule has 104 valence electrons. The highest BCUT2D eigenvalue weighted by Crippen LogP contribution is 2.47. The van der Waals surface area contributed by atoms with Crippen molar-refractivity contribution in [2.24, 2.45) is 5.92 Å². The molecule has 1 N–H and O–H groups in total. The van der Waals surface area contributed by atoms with Gasteiger partial charge < -0.3 is 9.84 Å². The average Bonchev–Trinajstić information content (AvgIpc) is 2.36. The molecule has 0 aromatic heterocycles. The lowest BCUT2D eigenvalue weighted by Crippen LogP contribution is -2.46. The third-order valence-electron chi connectivity index (χ3n) is 4.52. The smallest absolute Gasteiger partial charge is 0.124 e. The van der Waals surface area contributed by atoms with Gasteiger partial charge in [0.1, 0.15) is 5.82 Å². The van der Waals surface area contributed by atoms with Gasteiger partial charge in [-0.25, -0.2) is 4.39 Å². The first-order valence-electron chi connectivity index (χ1n) is 6.87. The van der Waals surface area contributed by atoms with Crippen LogP contribution < -0.4 is 0 Å². The molecule has 0 bridgehead atoms. The Labute approximate surface area is 126 Å². The normalized spacial score (nSPS) is 27.0. The first-order valence-corrected chi connectivity index (χ1v) is 7.94. The van der Waals surface area contributed by atoms with Gasteiger partial charge >= 0.3 is 0 Å². The number of hydrogen-bond acceptors (Lipinski definition) is 2. The van der Waals surface area contributed by atoms with E-state index in [1.54, 1.807) is 6.07 Å². The van der Waals surface area contributed by atoms with E-state index in [0.717, 1.165) is 41.4 Å². The van der Waals surface area contributed by atoms with Gasteiger partial charge in [-0.15, -0.1) is 0 Å². The second-order valence-electron chi connectivity index (χ2n) is 5.75. The number of hydrogen-bond donors (Lipinski definition) is 1. The highest BCUT2D eigenvalue weighted by molar-refractivity contribution is 14.1. The lowest BCUT2D eigenvalue weighted by Gasteiger charge is -2.48. The molecule has 2 unspecified atom stereocenters. The summed E-state index contributed by atoms with van der Waals surface area (Å²) in [6.07, 6.45) is 4.79. The summed E-state index contributed by atoms with van der Waals surface area (Å²) in [6.45, 7) is 0.736. The molecule has 1 aromatic rings. The third kappa shape index (κ3) is 2.67. The fourth-order valence-corrected chi connectivity index (χ4v) is 4.05. The minimum absolute atomic E-state index is 0.0371. The molecular weight excluding hydrogens is 358 g/mol. The molecule has 1 aliphatic carbocycles. The minimum Gasteiger partial charge on any atom is -0.388 e. The van der Waals surface area contributed by atoms with Crippen LogP contribution in [0.5, 0.6) is 0 Å². The van der Waals surface area contributed by atoms with Crippen molar-refractivity contribution in [1.82, 2.24) is 0 Å². The summed E-state index contributed by atoms with van der Waals surface area (Å²) in [5.41, 5.74) is 0.887. The molecule has 0 radical (unpaired) electrons. The maximum absolute atomic E-state index is 13.1. The predicted molar refractivity (Wildman–Crippen MR) is 79.3 cm³/mol. The molecule has 2 nitrogen and oxygen atoms in total. The van der Waals surface area contributed by atoms with Crippen molar-refractivity contribution in [2.45, 2.75) is 43.8 Å². The van der Waals surface area contributed by atoms with E-state index in [9.17, 15) is 9.50 Å². The van der Waals surface area contributed by atoms with Crippen molar-refractivity contribution in [1.29, 1.82) is 0 Å². The number of aliphatic hydroxyl groups excluding tert-OH is 1. The molecular formula is C15H18FIO2. The summed E-state index contributed by atoms with van der Waals surface area (Å²) in [4.78, 5) is 0. The van der Waals surface area contributed by atoms with Crippen LogP contribution in [-0.4, -0.2) is 17.3 Å². The second kappa shape index (κ2) is 5.30. The van der Waals surface area contributed by atoms with E-state index in [2.05, 4.69) is 22.6 Å². The van der Waals surface area contributed by atoms with Crippen LogP contribution in [0.25, 0.3) is 0 Å². The Bertz CT molecular complexity index is 473. The zero-order valence-corrected chi connectivity index (χ0v) is 12.9. The van der Waals surface area contributed by atoms with Gasteiger partial charge in [-0.2, -0.15) is 0 Å². The van der Waals surface area contributed by atoms with E-state index in [-0.39, 0.29) is 17.3 Å². The van der Waals surface area contributed by atoms with E-state index in [4.69, 9.17) is 4.74 Å². The molecule has 0 amide bonds. The van der Waals surface area contributed by atoms with Gasteiger partial charge in [0.15, 0.2) is 0 Å². The molecule has 2 aliphatic rings. The fourth-order valence-electron chi connectivity index (χ4n) is 3.25. The minimum atomic E-state index is -0.506. The molecule has 4 heteroatoms. The predicted octanol–water partition coefficient (Wildman–Crippen LogP) is 3.81. The molecule has 19 heavy (non-hydrogen) atoms. The summed E-state index contributed by atoms with van der Waals surface area (Å²) in [5.74, 6) is -0.0178. The van der Waals surface area contributed by atoms with Crippen LogP contribution >= 0.6 is 22.6 Å². The van der Waals surface area contributed by atoms with Crippen LogP contribution in [-0.2, 0) is 4.74 Å². The second-order valence-corrected chi connectivity index (χ2v) is 6.91. The zero-order valence-electron chi connectivity index (χ0n) is 10.7. The Morgan fingerprint density at radius 1 is 1.42 bits per heavy atom. The Kier molecular flexibility index (Phi) is 3.84. The Morgan fingerprint density at radius 3 is 2.84 bits per heavy atom. The molecule has 3 rings (SSSR count). The number of aliphatic hydroxyl groups is 1. The van der Waals surface area contributed by atoms with Crippen LogP contribution in [0.1, 0.15) is 43.8 Å². The topological polar surface area (TPSA) is 29.5 Å². The first kappa shape index (κ1) is 13.8. The average molecular weight is 376 g/mol. The van der Waals surface area contributed by atoms with Crippen LogP contribution in [0.15, 0.2) is 18.2 Å². The SMILES string of the molecule is OC(c1ccc(F)cc1I)C1CCOC2(CCC2)C1. The first-order chi connectivity index (χ1) is 9.10. The standard InChI is InChI=1S/C15H18FIO2/c16-11-2-3-12(13(17)8-11)14(18)10-4-7-19-15(9-10)5-1-6-15/h2-3,8,10,14,18H,1,4-7,9H2. The van der Waals surface area contributed by atoms with Crippen molar-refractivity contribution in [3.8, 4) is 0 Å². The van der Waals surface area contributed by atoms with Crippen molar-refractivity contribution in [3.63, 3.8) is 0 Å². The maximum atomic E-state index is 13.1. The number of halogens is 2. The summed E-state index contributed by atoms with van der Waals surface area (Å²) < 4.78 is 19.8. The van der Waals surface area contributed by atoms with Crippen molar-refractivity contribution in [2.75, 3.05) is 6.61 Å². The molecule has 1 heterocycles. The highest BCUT2D eigenvalue weighted by atomic mass is 127. The molecule has 1 aromatic carbocycles. The van der Waals surface area contributed by atoms with E-state index in [0.29, 0.717) is 0 Å². The van der Waals surface area contributed by atoms with Crippen LogP contribution in [0.3, 0.4) is 0 Å². The maximum Gasteiger partial charge on any atom is 0.124 e. The van der Waals surface area contributed by atoms with Crippen molar-refractivity contribution < 1.29 is 14.2 Å². The van der Waals surface area contributed by atoms with Gasteiger partial charge in [0.05, 0.1) is 11.7 Å². The van der Waals surface area contributed by atoms with Gasteiger partial charge in [-0.3, -0.25) is 0 Å². The van der Waals surface area contributed by atoms with Gasteiger partial charge in [0, 0.05) is 10.2 Å². The van der Waals surface area contributed by atoms with Gasteiger partial charge in [-0.1, -0.05) is 6.07 Å². The summed E-state index contributed by atoms with van der Waals surface area (Å²) in [6, 6.07) is 4.63. The fraction of sp³-hybridized carbons (Fsp3) is 0.600. The largest absolute Gasteiger partial charge is 0.388 e. The quantitative estimate of drug-likeness (QED) is 0.796. The Balaban J connectivity index is 1.77. The summed E-state index contributed by atoms with van der Waals surface area (Å²) in [5, 5.41) is 10.6. The molecule has 1 saturated heterocycles. The highest BCUT2D eigenvalue weighted by Gasteiger charge is 2.44.